The summed E-state index contributed by atoms with van der Waals surface area (Å²) >= 11 is 0. The first-order valence-electron chi connectivity index (χ1n) is 10.5. The first kappa shape index (κ1) is 25.3. The summed E-state index contributed by atoms with van der Waals surface area (Å²) in [6, 6.07) is 10.2. The van der Waals surface area contributed by atoms with Crippen LogP contribution in [0.2, 0.25) is 0 Å². The number of fused-ring (bicyclic) bond motifs is 1. The summed E-state index contributed by atoms with van der Waals surface area (Å²) < 4.78 is 57.6. The van der Waals surface area contributed by atoms with E-state index in [2.05, 4.69) is 6.58 Å². The molecule has 2 aromatic rings. The molecule has 1 aliphatic rings. The van der Waals surface area contributed by atoms with Crippen molar-refractivity contribution in [1.82, 2.24) is 0 Å². The molecular weight excluding hydrogens is 451 g/mol. The maximum Gasteiger partial charge on any atom is 0.416 e. The maximum atomic E-state index is 14.1. The molecule has 182 valence electrons. The number of hydrogen-bond donors (Lipinski definition) is 0. The average Bonchev–Trinajstić information content (AvgIpc) is 2.92. The number of alkyl halides is 3. The monoisotopic (exact) mass is 477 g/mol. The van der Waals surface area contributed by atoms with Crippen molar-refractivity contribution in [2.75, 3.05) is 33.0 Å². The Morgan fingerprint density at radius 1 is 1.18 bits per heavy atom. The van der Waals surface area contributed by atoms with Crippen LogP contribution in [0.15, 0.2) is 55.1 Å². The number of nitrogens with zero attached hydrogens (tertiary/aromatic N) is 1. The molecule has 0 aromatic heterocycles. The van der Waals surface area contributed by atoms with Crippen LogP contribution in [0.3, 0.4) is 0 Å². The molecule has 0 bridgehead atoms. The first-order chi connectivity index (χ1) is 16.1. The zero-order valence-corrected chi connectivity index (χ0v) is 19.1. The van der Waals surface area contributed by atoms with Gasteiger partial charge in [-0.2, -0.15) is 13.2 Å². The van der Waals surface area contributed by atoms with Gasteiger partial charge >= 0.3 is 12.1 Å². The van der Waals surface area contributed by atoms with E-state index >= 15 is 0 Å². The summed E-state index contributed by atoms with van der Waals surface area (Å²) in [4.78, 5) is 28.5. The number of anilines is 1. The van der Waals surface area contributed by atoms with Crippen molar-refractivity contribution < 1.29 is 37.0 Å². The molecule has 34 heavy (non-hydrogen) atoms. The van der Waals surface area contributed by atoms with E-state index in [4.69, 9.17) is 14.2 Å². The Hall–Kier alpha value is -3.33. The largest absolute Gasteiger partial charge is 0.497 e. The standard InChI is InChI=1S/C25H26F3NO5/c1-5-13-24(23(31)34-4)20(16-9-11-17(33-3)12-10-16)14-18-19(25(26,27)28)7-6-8-21(18)29(15-32-2)22(24)30/h5-12,20H,1,13-15H2,2-4H3. The van der Waals surface area contributed by atoms with Crippen LogP contribution in [-0.4, -0.2) is 39.9 Å². The van der Waals surface area contributed by atoms with E-state index in [0.29, 0.717) is 11.3 Å². The molecule has 0 aliphatic carbocycles. The normalized spacial score (nSPS) is 20.4. The molecule has 2 aromatic carbocycles. The van der Waals surface area contributed by atoms with Crippen molar-refractivity contribution in [3.63, 3.8) is 0 Å². The highest BCUT2D eigenvalue weighted by atomic mass is 19.4. The van der Waals surface area contributed by atoms with E-state index in [1.54, 1.807) is 24.3 Å². The van der Waals surface area contributed by atoms with Gasteiger partial charge in [0.25, 0.3) is 0 Å². The fraction of sp³-hybridized carbons (Fsp3) is 0.360. The molecule has 0 radical (unpaired) electrons. The molecule has 0 saturated carbocycles. The molecule has 0 N–H and O–H groups in total. The van der Waals surface area contributed by atoms with Crippen LogP contribution in [0.5, 0.6) is 5.75 Å². The number of ether oxygens (including phenoxy) is 3. The average molecular weight is 477 g/mol. The van der Waals surface area contributed by atoms with Gasteiger partial charge < -0.3 is 14.2 Å². The SMILES string of the molecule is C=CCC1(C(=O)OC)C(=O)N(COC)c2cccc(C(F)(F)F)c2CC1c1ccc(OC)cc1. The van der Waals surface area contributed by atoms with Crippen molar-refractivity contribution in [3.8, 4) is 5.75 Å². The molecule has 2 unspecified atom stereocenters. The second-order valence-corrected chi connectivity index (χ2v) is 7.94. The van der Waals surface area contributed by atoms with Crippen molar-refractivity contribution in [2.45, 2.75) is 24.9 Å². The van der Waals surface area contributed by atoms with E-state index in [9.17, 15) is 22.8 Å². The number of hydrogen-bond acceptors (Lipinski definition) is 5. The quantitative estimate of drug-likeness (QED) is 0.328. The third-order valence-corrected chi connectivity index (χ3v) is 6.17. The molecule has 0 fully saturated rings. The van der Waals surface area contributed by atoms with Crippen LogP contribution in [0, 0.1) is 5.41 Å². The first-order valence-corrected chi connectivity index (χ1v) is 10.5. The Labute approximate surface area is 195 Å². The Kier molecular flexibility index (Phi) is 7.35. The molecule has 1 aliphatic heterocycles. The summed E-state index contributed by atoms with van der Waals surface area (Å²) in [5.74, 6) is -2.05. The van der Waals surface area contributed by atoms with Crippen LogP contribution in [0.25, 0.3) is 0 Å². The number of halogens is 3. The smallest absolute Gasteiger partial charge is 0.416 e. The zero-order valence-electron chi connectivity index (χ0n) is 19.1. The van der Waals surface area contributed by atoms with Gasteiger partial charge in [-0.25, -0.2) is 0 Å². The Morgan fingerprint density at radius 2 is 1.85 bits per heavy atom. The summed E-state index contributed by atoms with van der Waals surface area (Å²) in [5, 5.41) is 0. The van der Waals surface area contributed by atoms with Crippen LogP contribution in [-0.2, 0) is 31.7 Å². The van der Waals surface area contributed by atoms with Crippen LogP contribution >= 0.6 is 0 Å². The van der Waals surface area contributed by atoms with E-state index in [-0.39, 0.29) is 30.8 Å². The number of amides is 1. The second-order valence-electron chi connectivity index (χ2n) is 7.94. The van der Waals surface area contributed by atoms with Gasteiger partial charge in [-0.1, -0.05) is 24.3 Å². The van der Waals surface area contributed by atoms with Gasteiger partial charge in [-0.05, 0) is 48.2 Å². The van der Waals surface area contributed by atoms with Gasteiger partial charge in [0.05, 0.1) is 19.8 Å². The minimum absolute atomic E-state index is 0.0371. The lowest BCUT2D eigenvalue weighted by molar-refractivity contribution is -0.159. The van der Waals surface area contributed by atoms with E-state index in [1.165, 1.54) is 32.4 Å². The van der Waals surface area contributed by atoms with Crippen LogP contribution in [0.4, 0.5) is 18.9 Å². The molecule has 0 spiro atoms. The minimum Gasteiger partial charge on any atom is -0.497 e. The molecule has 3 rings (SSSR count). The lowest BCUT2D eigenvalue weighted by Crippen LogP contribution is -2.52. The molecule has 6 nitrogen and oxygen atoms in total. The summed E-state index contributed by atoms with van der Waals surface area (Å²) in [7, 11) is 3.94. The highest BCUT2D eigenvalue weighted by Gasteiger charge is 2.57. The zero-order chi connectivity index (χ0) is 25.1. The summed E-state index contributed by atoms with van der Waals surface area (Å²) in [5.41, 5.74) is -2.32. The number of benzene rings is 2. The second kappa shape index (κ2) is 9.89. The van der Waals surface area contributed by atoms with Crippen molar-refractivity contribution in [1.29, 1.82) is 0 Å². The van der Waals surface area contributed by atoms with Gasteiger partial charge in [-0.15, -0.1) is 6.58 Å². The maximum absolute atomic E-state index is 14.1. The fourth-order valence-electron chi connectivity index (χ4n) is 4.63. The highest BCUT2D eigenvalue weighted by molar-refractivity contribution is 6.12. The predicted octanol–water partition coefficient (Wildman–Crippen LogP) is 4.73. The predicted molar refractivity (Wildman–Crippen MR) is 120 cm³/mol. The van der Waals surface area contributed by atoms with Gasteiger partial charge in [0.1, 0.15) is 12.5 Å². The van der Waals surface area contributed by atoms with E-state index in [0.717, 1.165) is 18.1 Å². The lowest BCUT2D eigenvalue weighted by Gasteiger charge is -2.37. The number of methoxy groups -OCH3 is 3. The van der Waals surface area contributed by atoms with Gasteiger partial charge in [-0.3, -0.25) is 14.5 Å². The van der Waals surface area contributed by atoms with Crippen molar-refractivity contribution in [2.24, 2.45) is 5.41 Å². The number of esters is 1. The lowest BCUT2D eigenvalue weighted by atomic mass is 9.67. The van der Waals surface area contributed by atoms with E-state index < -0.39 is 34.9 Å². The molecule has 1 amide bonds. The number of carbonyl (C=O) groups excluding carboxylic acids is 2. The van der Waals surface area contributed by atoms with Gasteiger partial charge in [0.2, 0.25) is 5.91 Å². The number of allylic oxidation sites excluding steroid dienone is 1. The fourth-order valence-corrected chi connectivity index (χ4v) is 4.63. The third kappa shape index (κ3) is 4.27. The number of rotatable bonds is 7. The summed E-state index contributed by atoms with van der Waals surface area (Å²) in [6.07, 6.45) is -3.66. The topological polar surface area (TPSA) is 65.1 Å². The number of carbonyl (C=O) groups is 2. The van der Waals surface area contributed by atoms with Gasteiger partial charge in [0, 0.05) is 18.7 Å². The van der Waals surface area contributed by atoms with Crippen molar-refractivity contribution in [3.05, 3.63) is 71.8 Å². The molecule has 1 heterocycles. The van der Waals surface area contributed by atoms with Crippen LogP contribution < -0.4 is 9.64 Å². The molecule has 9 heteroatoms. The van der Waals surface area contributed by atoms with E-state index in [1.807, 2.05) is 0 Å². The molecule has 2 atom stereocenters. The van der Waals surface area contributed by atoms with Crippen LogP contribution in [0.1, 0.15) is 29.0 Å². The summed E-state index contributed by atoms with van der Waals surface area (Å²) in [6.45, 7) is 3.36. The van der Waals surface area contributed by atoms with Gasteiger partial charge in [0.15, 0.2) is 5.41 Å². The highest BCUT2D eigenvalue weighted by Crippen LogP contribution is 2.51. The Balaban J connectivity index is 2.39. The van der Waals surface area contributed by atoms with Crippen molar-refractivity contribution >= 4 is 17.6 Å². The third-order valence-electron chi connectivity index (χ3n) is 6.17. The molecular formula is C25H26F3NO5. The minimum atomic E-state index is -4.67. The Morgan fingerprint density at radius 3 is 2.38 bits per heavy atom. The molecule has 0 saturated heterocycles. The Bertz CT molecular complexity index is 1070.